The van der Waals surface area contributed by atoms with E-state index in [1.165, 1.54) is 24.8 Å². The fourth-order valence-corrected chi connectivity index (χ4v) is 2.66. The second-order valence-electron chi connectivity index (χ2n) is 5.27. The molecule has 1 unspecified atom stereocenters. The summed E-state index contributed by atoms with van der Waals surface area (Å²) in [6.07, 6.45) is 4.12. The zero-order valence-corrected chi connectivity index (χ0v) is 9.56. The summed E-state index contributed by atoms with van der Waals surface area (Å²) in [5.41, 5.74) is 1.77. The zero-order chi connectivity index (χ0) is 10.1. The molecule has 13 heavy (non-hydrogen) atoms. The summed E-state index contributed by atoms with van der Waals surface area (Å²) in [4.78, 5) is 2.47. The maximum Gasteiger partial charge on any atom is 0.0187 e. The number of hydrogen-bond donors (Lipinski definition) is 0. The van der Waals surface area contributed by atoms with Crippen LogP contribution in [-0.4, -0.2) is 24.5 Å². The van der Waals surface area contributed by atoms with E-state index in [-0.39, 0.29) is 0 Å². The van der Waals surface area contributed by atoms with E-state index >= 15 is 0 Å². The lowest BCUT2D eigenvalue weighted by atomic mass is 9.86. The predicted octanol–water partition coefficient (Wildman–Crippen LogP) is 3.07. The lowest BCUT2D eigenvalue weighted by Crippen LogP contribution is -2.40. The lowest BCUT2D eigenvalue weighted by molar-refractivity contribution is 0.151. The molecule has 0 amide bonds. The third-order valence-electron chi connectivity index (χ3n) is 3.25. The number of hydrogen-bond acceptors (Lipinski definition) is 1. The van der Waals surface area contributed by atoms with Gasteiger partial charge in [-0.1, -0.05) is 32.4 Å². The van der Waals surface area contributed by atoms with Crippen molar-refractivity contribution < 1.29 is 0 Å². The molecule has 0 aromatic rings. The van der Waals surface area contributed by atoms with E-state index in [2.05, 4.69) is 39.3 Å². The molecule has 0 saturated heterocycles. The van der Waals surface area contributed by atoms with Crippen LogP contribution in [0.1, 0.15) is 40.0 Å². The molecule has 0 aromatic carbocycles. The number of likely N-dealkylation sites (N-methyl/N-ethyl adjacent to an activating group) is 1. The first-order chi connectivity index (χ1) is 5.93. The van der Waals surface area contributed by atoms with E-state index in [4.69, 9.17) is 0 Å². The Morgan fingerprint density at radius 2 is 2.15 bits per heavy atom. The molecular weight excluding hydrogens is 158 g/mol. The molecule has 0 bridgehead atoms. The van der Waals surface area contributed by atoms with Crippen molar-refractivity contribution >= 4 is 0 Å². The van der Waals surface area contributed by atoms with Gasteiger partial charge in [-0.25, -0.2) is 0 Å². The Balaban J connectivity index is 2.55. The van der Waals surface area contributed by atoms with E-state index in [1.807, 2.05) is 0 Å². The van der Waals surface area contributed by atoms with Crippen molar-refractivity contribution in [2.45, 2.75) is 46.1 Å². The standard InChI is InChI=1S/C12H23N/c1-10(2)9-13(5)11-7-6-8-12(11,3)4/h11H,1,6-9H2,2-5H3. The number of rotatable bonds is 3. The van der Waals surface area contributed by atoms with Gasteiger partial charge in [0.05, 0.1) is 0 Å². The van der Waals surface area contributed by atoms with Gasteiger partial charge in [-0.05, 0) is 32.2 Å². The molecule has 0 spiro atoms. The topological polar surface area (TPSA) is 3.24 Å². The molecule has 1 saturated carbocycles. The molecule has 1 nitrogen and oxygen atoms in total. The molecule has 0 N–H and O–H groups in total. The summed E-state index contributed by atoms with van der Waals surface area (Å²) in [6.45, 7) is 11.9. The normalized spacial score (nSPS) is 26.7. The summed E-state index contributed by atoms with van der Waals surface area (Å²) in [5, 5.41) is 0. The van der Waals surface area contributed by atoms with Crippen molar-refractivity contribution in [2.24, 2.45) is 5.41 Å². The van der Waals surface area contributed by atoms with Gasteiger partial charge in [-0.3, -0.25) is 4.90 Å². The maximum atomic E-state index is 3.97. The Morgan fingerprint density at radius 1 is 1.54 bits per heavy atom. The van der Waals surface area contributed by atoms with Gasteiger partial charge in [0.15, 0.2) is 0 Å². The largest absolute Gasteiger partial charge is 0.299 e. The monoisotopic (exact) mass is 181 g/mol. The van der Waals surface area contributed by atoms with Gasteiger partial charge >= 0.3 is 0 Å². The van der Waals surface area contributed by atoms with E-state index in [9.17, 15) is 0 Å². The van der Waals surface area contributed by atoms with Crippen molar-refractivity contribution in [1.29, 1.82) is 0 Å². The molecule has 1 aliphatic rings. The first-order valence-electron chi connectivity index (χ1n) is 5.28. The van der Waals surface area contributed by atoms with Gasteiger partial charge in [0, 0.05) is 12.6 Å². The van der Waals surface area contributed by atoms with Crippen LogP contribution in [0.5, 0.6) is 0 Å². The van der Waals surface area contributed by atoms with Crippen LogP contribution in [0.3, 0.4) is 0 Å². The number of nitrogens with zero attached hydrogens (tertiary/aromatic N) is 1. The van der Waals surface area contributed by atoms with E-state index < -0.39 is 0 Å². The molecule has 1 fully saturated rings. The molecule has 76 valence electrons. The second-order valence-corrected chi connectivity index (χ2v) is 5.27. The predicted molar refractivity (Wildman–Crippen MR) is 58.9 cm³/mol. The maximum absolute atomic E-state index is 3.97. The van der Waals surface area contributed by atoms with Crippen LogP contribution in [0, 0.1) is 5.41 Å². The highest BCUT2D eigenvalue weighted by Crippen LogP contribution is 2.39. The minimum atomic E-state index is 0.504. The van der Waals surface area contributed by atoms with Crippen LogP contribution in [0.4, 0.5) is 0 Å². The molecule has 1 heteroatoms. The van der Waals surface area contributed by atoms with E-state index in [0.29, 0.717) is 5.41 Å². The van der Waals surface area contributed by atoms with Gasteiger partial charge < -0.3 is 0 Å². The van der Waals surface area contributed by atoms with Gasteiger partial charge in [-0.2, -0.15) is 0 Å². The van der Waals surface area contributed by atoms with Crippen LogP contribution < -0.4 is 0 Å². The van der Waals surface area contributed by atoms with Crippen molar-refractivity contribution in [3.05, 3.63) is 12.2 Å². The van der Waals surface area contributed by atoms with E-state index in [0.717, 1.165) is 12.6 Å². The van der Waals surface area contributed by atoms with Crippen LogP contribution in [-0.2, 0) is 0 Å². The Labute approximate surface area is 82.8 Å². The smallest absolute Gasteiger partial charge is 0.0187 e. The fraction of sp³-hybridized carbons (Fsp3) is 0.833. The van der Waals surface area contributed by atoms with Crippen molar-refractivity contribution in [3.8, 4) is 0 Å². The molecule has 0 radical (unpaired) electrons. The molecule has 1 rings (SSSR count). The summed E-state index contributed by atoms with van der Waals surface area (Å²) in [6, 6.07) is 0.754. The van der Waals surface area contributed by atoms with Gasteiger partial charge in [0.1, 0.15) is 0 Å². The summed E-state index contributed by atoms with van der Waals surface area (Å²) in [5.74, 6) is 0. The van der Waals surface area contributed by atoms with Crippen molar-refractivity contribution in [3.63, 3.8) is 0 Å². The Kier molecular flexibility index (Phi) is 3.18. The van der Waals surface area contributed by atoms with Crippen molar-refractivity contribution in [2.75, 3.05) is 13.6 Å². The molecular formula is C12H23N. The minimum Gasteiger partial charge on any atom is -0.299 e. The quantitative estimate of drug-likeness (QED) is 0.605. The molecule has 0 heterocycles. The van der Waals surface area contributed by atoms with Crippen LogP contribution in [0.2, 0.25) is 0 Å². The highest BCUT2D eigenvalue weighted by molar-refractivity contribution is 4.97. The Hall–Kier alpha value is -0.300. The van der Waals surface area contributed by atoms with Crippen LogP contribution in [0.25, 0.3) is 0 Å². The van der Waals surface area contributed by atoms with Crippen molar-refractivity contribution in [1.82, 2.24) is 4.90 Å². The van der Waals surface area contributed by atoms with Gasteiger partial charge in [0.2, 0.25) is 0 Å². The SMILES string of the molecule is C=C(C)CN(C)C1CCCC1(C)C. The fourth-order valence-electron chi connectivity index (χ4n) is 2.66. The summed E-state index contributed by atoms with van der Waals surface area (Å²) in [7, 11) is 2.23. The zero-order valence-electron chi connectivity index (χ0n) is 9.56. The average molecular weight is 181 g/mol. The molecule has 1 aliphatic carbocycles. The third kappa shape index (κ3) is 2.57. The second kappa shape index (κ2) is 3.83. The summed E-state index contributed by atoms with van der Waals surface area (Å²) < 4.78 is 0. The Morgan fingerprint density at radius 3 is 2.54 bits per heavy atom. The minimum absolute atomic E-state index is 0.504. The highest BCUT2D eigenvalue weighted by Gasteiger charge is 2.36. The summed E-state index contributed by atoms with van der Waals surface area (Å²) >= 11 is 0. The first-order valence-corrected chi connectivity index (χ1v) is 5.28. The molecule has 0 aromatic heterocycles. The first kappa shape index (κ1) is 10.8. The van der Waals surface area contributed by atoms with Crippen LogP contribution >= 0.6 is 0 Å². The Bertz CT molecular complexity index is 193. The lowest BCUT2D eigenvalue weighted by Gasteiger charge is -2.35. The average Bonchev–Trinajstić information content (AvgIpc) is 2.27. The molecule has 1 atom stereocenters. The van der Waals surface area contributed by atoms with E-state index in [1.54, 1.807) is 0 Å². The molecule has 0 aliphatic heterocycles. The van der Waals surface area contributed by atoms with Gasteiger partial charge in [-0.15, -0.1) is 0 Å². The third-order valence-corrected chi connectivity index (χ3v) is 3.25. The highest BCUT2D eigenvalue weighted by atomic mass is 15.1. The van der Waals surface area contributed by atoms with Gasteiger partial charge in [0.25, 0.3) is 0 Å². The van der Waals surface area contributed by atoms with Crippen LogP contribution in [0.15, 0.2) is 12.2 Å².